The Hall–Kier alpha value is -1.23. The monoisotopic (exact) mass is 293 g/mol. The van der Waals surface area contributed by atoms with E-state index in [4.69, 9.17) is 22.7 Å². The van der Waals surface area contributed by atoms with Crippen molar-refractivity contribution < 1.29 is 4.74 Å². The Balaban J connectivity index is 2.33. The molecule has 0 atom stereocenters. The van der Waals surface area contributed by atoms with Gasteiger partial charge in [-0.05, 0) is 44.1 Å². The van der Waals surface area contributed by atoms with E-state index in [1.54, 1.807) is 0 Å². The summed E-state index contributed by atoms with van der Waals surface area (Å²) in [5.41, 5.74) is 8.74. The zero-order chi connectivity index (χ0) is 14.5. The summed E-state index contributed by atoms with van der Waals surface area (Å²) in [6, 6.07) is 0. The Morgan fingerprint density at radius 3 is 2.45 bits per heavy atom. The number of aromatic nitrogens is 2. The molecule has 0 radical (unpaired) electrons. The lowest BCUT2D eigenvalue weighted by Crippen LogP contribution is -2.24. The summed E-state index contributed by atoms with van der Waals surface area (Å²) in [5, 5.41) is 8.52. The Kier molecular flexibility index (Phi) is 5.29. The summed E-state index contributed by atoms with van der Waals surface area (Å²) in [4.78, 5) is 0.359. The molecule has 2 N–H and O–H groups in total. The van der Waals surface area contributed by atoms with Crippen LogP contribution in [0.15, 0.2) is 0 Å². The van der Waals surface area contributed by atoms with Gasteiger partial charge in [0, 0.05) is 0 Å². The molecule has 4 nitrogen and oxygen atoms in total. The molecule has 1 aliphatic rings. The zero-order valence-electron chi connectivity index (χ0n) is 12.3. The Morgan fingerprint density at radius 1 is 1.20 bits per heavy atom. The van der Waals surface area contributed by atoms with Crippen LogP contribution in [-0.4, -0.2) is 21.3 Å². The van der Waals surface area contributed by atoms with Gasteiger partial charge in [0.2, 0.25) is 5.88 Å². The molecule has 0 aromatic carbocycles. The van der Waals surface area contributed by atoms with Crippen molar-refractivity contribution in [1.29, 1.82) is 0 Å². The quantitative estimate of drug-likeness (QED) is 0.846. The van der Waals surface area contributed by atoms with Crippen LogP contribution in [0.3, 0.4) is 0 Å². The minimum absolute atomic E-state index is 0.225. The highest BCUT2D eigenvalue weighted by Gasteiger charge is 2.22. The summed E-state index contributed by atoms with van der Waals surface area (Å²) in [6.45, 7) is 4.15. The molecule has 1 aromatic heterocycles. The van der Waals surface area contributed by atoms with Crippen LogP contribution in [0.1, 0.15) is 62.8 Å². The molecule has 0 amide bonds. The second-order valence-corrected chi connectivity index (χ2v) is 5.69. The first-order valence-corrected chi connectivity index (χ1v) is 7.93. The zero-order valence-corrected chi connectivity index (χ0v) is 13.1. The van der Waals surface area contributed by atoms with Crippen LogP contribution < -0.4 is 10.5 Å². The van der Waals surface area contributed by atoms with Gasteiger partial charge in [0.05, 0.1) is 11.3 Å². The van der Waals surface area contributed by atoms with Gasteiger partial charge in [-0.25, -0.2) is 0 Å². The van der Waals surface area contributed by atoms with Crippen molar-refractivity contribution in [3.05, 3.63) is 16.8 Å². The van der Waals surface area contributed by atoms with Crippen molar-refractivity contribution in [3.63, 3.8) is 0 Å². The van der Waals surface area contributed by atoms with E-state index in [0.717, 1.165) is 42.5 Å². The van der Waals surface area contributed by atoms with Crippen molar-refractivity contribution in [1.82, 2.24) is 10.2 Å². The Bertz CT molecular complexity index is 484. The molecule has 0 saturated heterocycles. The highest BCUT2D eigenvalue weighted by molar-refractivity contribution is 7.80. The fraction of sp³-hybridized carbons (Fsp3) is 0.667. The smallest absolute Gasteiger partial charge is 0.244 e. The lowest BCUT2D eigenvalue weighted by Gasteiger charge is -2.24. The summed E-state index contributed by atoms with van der Waals surface area (Å²) >= 11 is 5.21. The van der Waals surface area contributed by atoms with Gasteiger partial charge in [0.15, 0.2) is 0 Å². The summed E-state index contributed by atoms with van der Waals surface area (Å²) < 4.78 is 6.05. The van der Waals surface area contributed by atoms with Gasteiger partial charge in [-0.2, -0.15) is 5.10 Å². The number of hydrogen-bond donors (Lipinski definition) is 1. The molecule has 2 rings (SSSR count). The molecule has 0 aliphatic heterocycles. The standard InChI is InChI=1S/C15H23N3OS/c1-3-11-12(4-2)17-18-15(13(11)14(16)20)19-10-8-6-5-7-9-10/h10H,3-9H2,1-2H3,(H2,16,20). The Morgan fingerprint density at radius 2 is 1.90 bits per heavy atom. The topological polar surface area (TPSA) is 61.0 Å². The fourth-order valence-electron chi connectivity index (χ4n) is 2.83. The van der Waals surface area contributed by atoms with Crippen LogP contribution in [0.2, 0.25) is 0 Å². The lowest BCUT2D eigenvalue weighted by atomic mass is 9.97. The highest BCUT2D eigenvalue weighted by atomic mass is 32.1. The van der Waals surface area contributed by atoms with Crippen molar-refractivity contribution in [3.8, 4) is 5.88 Å². The van der Waals surface area contributed by atoms with Gasteiger partial charge in [-0.15, -0.1) is 5.10 Å². The molecule has 0 spiro atoms. The molecule has 1 saturated carbocycles. The van der Waals surface area contributed by atoms with Gasteiger partial charge >= 0.3 is 0 Å². The van der Waals surface area contributed by atoms with E-state index in [1.807, 2.05) is 0 Å². The normalized spacial score (nSPS) is 16.1. The number of ether oxygens (including phenoxy) is 1. The summed E-state index contributed by atoms with van der Waals surface area (Å²) in [5.74, 6) is 0.526. The molecule has 0 unspecified atom stereocenters. The molecule has 110 valence electrons. The average molecular weight is 293 g/mol. The number of thiocarbonyl (C=S) groups is 1. The number of hydrogen-bond acceptors (Lipinski definition) is 4. The van der Waals surface area contributed by atoms with E-state index in [0.29, 0.717) is 10.9 Å². The molecule has 1 fully saturated rings. The summed E-state index contributed by atoms with van der Waals surface area (Å²) in [6.07, 6.45) is 7.78. The van der Waals surface area contributed by atoms with Crippen molar-refractivity contribution in [2.45, 2.75) is 64.9 Å². The van der Waals surface area contributed by atoms with E-state index in [9.17, 15) is 0 Å². The minimum atomic E-state index is 0.225. The van der Waals surface area contributed by atoms with Crippen LogP contribution in [0.25, 0.3) is 0 Å². The molecule has 20 heavy (non-hydrogen) atoms. The molecular formula is C15H23N3OS. The van der Waals surface area contributed by atoms with Gasteiger partial charge in [0.1, 0.15) is 11.1 Å². The maximum absolute atomic E-state index is 6.05. The molecular weight excluding hydrogens is 270 g/mol. The third kappa shape index (κ3) is 3.26. The lowest BCUT2D eigenvalue weighted by molar-refractivity contribution is 0.146. The summed E-state index contributed by atoms with van der Waals surface area (Å²) in [7, 11) is 0. The van der Waals surface area contributed by atoms with Gasteiger partial charge in [-0.3, -0.25) is 0 Å². The predicted molar refractivity (Wildman–Crippen MR) is 84.2 cm³/mol. The van der Waals surface area contributed by atoms with Gasteiger partial charge < -0.3 is 10.5 Å². The first-order valence-electron chi connectivity index (χ1n) is 7.52. The number of nitrogens with two attached hydrogens (primary N) is 1. The second kappa shape index (κ2) is 6.97. The van der Waals surface area contributed by atoms with Gasteiger partial charge in [-0.1, -0.05) is 32.5 Å². The minimum Gasteiger partial charge on any atom is -0.473 e. The van der Waals surface area contributed by atoms with Crippen molar-refractivity contribution in [2.75, 3.05) is 0 Å². The number of nitrogens with zero attached hydrogens (tertiary/aromatic N) is 2. The average Bonchev–Trinajstić information content (AvgIpc) is 2.47. The number of aryl methyl sites for hydroxylation is 1. The molecule has 5 heteroatoms. The molecule has 1 heterocycles. The van der Waals surface area contributed by atoms with Crippen LogP contribution in [0, 0.1) is 0 Å². The molecule has 0 bridgehead atoms. The largest absolute Gasteiger partial charge is 0.473 e. The highest BCUT2D eigenvalue weighted by Crippen LogP contribution is 2.27. The van der Waals surface area contributed by atoms with Crippen LogP contribution in [0.4, 0.5) is 0 Å². The van der Waals surface area contributed by atoms with Crippen molar-refractivity contribution in [2.24, 2.45) is 5.73 Å². The molecule has 1 aromatic rings. The van der Waals surface area contributed by atoms with Crippen LogP contribution >= 0.6 is 12.2 Å². The van der Waals surface area contributed by atoms with Crippen molar-refractivity contribution >= 4 is 17.2 Å². The molecule has 1 aliphatic carbocycles. The SMILES string of the molecule is CCc1nnc(OC2CCCCC2)c(C(N)=S)c1CC. The van der Waals surface area contributed by atoms with Crippen LogP contribution in [0.5, 0.6) is 5.88 Å². The van der Waals surface area contributed by atoms with E-state index >= 15 is 0 Å². The van der Waals surface area contributed by atoms with E-state index in [1.165, 1.54) is 19.3 Å². The second-order valence-electron chi connectivity index (χ2n) is 5.25. The number of rotatable bonds is 5. The van der Waals surface area contributed by atoms with E-state index < -0.39 is 0 Å². The first-order chi connectivity index (χ1) is 9.67. The predicted octanol–water partition coefficient (Wildman–Crippen LogP) is 2.95. The van der Waals surface area contributed by atoms with Gasteiger partial charge in [0.25, 0.3) is 0 Å². The van der Waals surface area contributed by atoms with Crippen LogP contribution in [-0.2, 0) is 12.8 Å². The first kappa shape index (κ1) is 15.2. The Labute approximate surface area is 126 Å². The third-order valence-corrected chi connectivity index (χ3v) is 4.09. The van der Waals surface area contributed by atoms with E-state index in [-0.39, 0.29) is 6.10 Å². The maximum Gasteiger partial charge on any atom is 0.244 e. The van der Waals surface area contributed by atoms with E-state index in [2.05, 4.69) is 24.0 Å². The third-order valence-electron chi connectivity index (χ3n) is 3.89. The fourth-order valence-corrected chi connectivity index (χ4v) is 3.04. The maximum atomic E-state index is 6.05.